The fourth-order valence-electron chi connectivity index (χ4n) is 5.73. The van der Waals surface area contributed by atoms with Crippen LogP contribution in [0.1, 0.15) is 33.6 Å². The number of nitrogens with zero attached hydrogens (tertiary/aromatic N) is 6. The number of alkyl halides is 1. The monoisotopic (exact) mass is 658 g/mol. The zero-order chi connectivity index (χ0) is 33.0. The number of hydrogen-bond donors (Lipinski definition) is 0. The molecule has 0 atom stereocenters. The Bertz CT molecular complexity index is 2240. The van der Waals surface area contributed by atoms with Crippen LogP contribution < -0.4 is 5.56 Å². The Morgan fingerprint density at radius 1 is 0.750 bits per heavy atom. The minimum absolute atomic E-state index is 0.287. The van der Waals surface area contributed by atoms with Crippen LogP contribution in [0.25, 0.3) is 22.2 Å². The van der Waals surface area contributed by atoms with Gasteiger partial charge in [-0.2, -0.15) is 10.1 Å². The number of imidazole rings is 1. The zero-order valence-electron chi connectivity index (χ0n) is 26.3. The van der Waals surface area contributed by atoms with Gasteiger partial charge in [-0.15, -0.1) is 0 Å². The largest absolute Gasteiger partial charge is 0.322 e. The number of fused-ring (bicyclic) bond motifs is 1. The van der Waals surface area contributed by atoms with Gasteiger partial charge in [-0.1, -0.05) is 84.6 Å². The predicted molar refractivity (Wildman–Crippen MR) is 185 cm³/mol. The van der Waals surface area contributed by atoms with Crippen LogP contribution in [0.4, 0.5) is 8.78 Å². The van der Waals surface area contributed by atoms with E-state index in [2.05, 4.69) is 45.0 Å². The third-order valence-electron chi connectivity index (χ3n) is 8.24. The molecule has 0 aliphatic heterocycles. The summed E-state index contributed by atoms with van der Waals surface area (Å²) in [6, 6.07) is 30.3. The first-order valence-corrected chi connectivity index (χ1v) is 16.5. The second-order valence-corrected chi connectivity index (χ2v) is 12.7. The van der Waals surface area contributed by atoms with Gasteiger partial charge in [0.05, 0.1) is 23.8 Å². The maximum absolute atomic E-state index is 13.5. The maximum atomic E-state index is 13.5. The summed E-state index contributed by atoms with van der Waals surface area (Å²) < 4.78 is 32.5. The molecule has 0 N–H and O–H groups in total. The van der Waals surface area contributed by atoms with Gasteiger partial charge in [-0.25, -0.2) is 13.8 Å². The number of benzene rings is 4. The average Bonchev–Trinajstić information content (AvgIpc) is 3.68. The molecule has 240 valence electrons. The van der Waals surface area contributed by atoms with Crippen molar-refractivity contribution in [2.75, 3.05) is 0 Å². The van der Waals surface area contributed by atoms with Gasteiger partial charge >= 0.3 is 0 Å². The second-order valence-electron chi connectivity index (χ2n) is 11.7. The molecule has 3 heterocycles. The summed E-state index contributed by atoms with van der Waals surface area (Å²) in [5.74, 6) is 1.05. The van der Waals surface area contributed by atoms with E-state index in [9.17, 15) is 13.6 Å². The summed E-state index contributed by atoms with van der Waals surface area (Å²) in [6.45, 7) is 0.494. The molecule has 0 aliphatic carbocycles. The van der Waals surface area contributed by atoms with Crippen molar-refractivity contribution < 1.29 is 8.78 Å². The quantitative estimate of drug-likeness (QED) is 0.106. The van der Waals surface area contributed by atoms with Crippen LogP contribution in [-0.2, 0) is 39.0 Å². The molecule has 10 heteroatoms. The molecule has 3 aromatic heterocycles. The predicted octanol–water partition coefficient (Wildman–Crippen LogP) is 7.58. The van der Waals surface area contributed by atoms with Crippen molar-refractivity contribution in [2.24, 2.45) is 7.05 Å². The van der Waals surface area contributed by atoms with Crippen LogP contribution in [-0.4, -0.2) is 28.9 Å². The maximum Gasteiger partial charge on any atom is 0.277 e. The molecule has 0 fully saturated rings. The molecular weight excluding hydrogens is 627 g/mol. The molecule has 0 spiro atoms. The fourth-order valence-corrected chi connectivity index (χ4v) is 6.65. The van der Waals surface area contributed by atoms with Crippen LogP contribution in [0.15, 0.2) is 126 Å². The van der Waals surface area contributed by atoms with Crippen LogP contribution in [0.5, 0.6) is 0 Å². The van der Waals surface area contributed by atoms with Gasteiger partial charge in [0.15, 0.2) is 5.16 Å². The third kappa shape index (κ3) is 6.99. The summed E-state index contributed by atoms with van der Waals surface area (Å²) in [6.07, 6.45) is 5.93. The van der Waals surface area contributed by atoms with E-state index in [1.54, 1.807) is 23.0 Å². The summed E-state index contributed by atoms with van der Waals surface area (Å²) in [5, 5.41) is 4.81. The lowest BCUT2D eigenvalue weighted by molar-refractivity contribution is 0.485. The Labute approximate surface area is 280 Å². The van der Waals surface area contributed by atoms with E-state index in [4.69, 9.17) is 4.98 Å². The molecule has 7 nitrogen and oxygen atoms in total. The minimum atomic E-state index is -0.476. The van der Waals surface area contributed by atoms with Crippen molar-refractivity contribution in [1.29, 1.82) is 0 Å². The van der Waals surface area contributed by atoms with E-state index in [0.717, 1.165) is 44.7 Å². The SMILES string of the molecule is Cn1cc(Cc2cn(Cc3nc4ccccc4n3Cc3ccc(-c4ccc(CF)cc4)cc3)c(SCc3ccc(F)cc3)nc2=O)cn1. The highest BCUT2D eigenvalue weighted by Gasteiger charge is 2.17. The molecular formula is C38H32F2N6OS. The van der Waals surface area contributed by atoms with Gasteiger partial charge in [-0.3, -0.25) is 9.48 Å². The molecule has 7 rings (SSSR count). The molecule has 0 amide bonds. The van der Waals surface area contributed by atoms with E-state index in [0.29, 0.717) is 41.5 Å². The van der Waals surface area contributed by atoms with Crippen molar-refractivity contribution in [3.8, 4) is 11.1 Å². The van der Waals surface area contributed by atoms with Gasteiger partial charge in [0.25, 0.3) is 5.56 Å². The Morgan fingerprint density at radius 3 is 2.12 bits per heavy atom. The minimum Gasteiger partial charge on any atom is -0.322 e. The highest BCUT2D eigenvalue weighted by atomic mass is 32.2. The first kappa shape index (κ1) is 31.3. The number of para-hydroxylation sites is 2. The number of hydrogen-bond acceptors (Lipinski definition) is 5. The zero-order valence-corrected chi connectivity index (χ0v) is 27.1. The lowest BCUT2D eigenvalue weighted by Crippen LogP contribution is -2.21. The number of aryl methyl sites for hydroxylation is 1. The highest BCUT2D eigenvalue weighted by molar-refractivity contribution is 7.98. The standard InChI is InChI=1S/C38H32F2N6OS/c1-44-21-29(20-41-44)18-32-23-45(38(43-37(32)47)48-25-28-10-16-33(40)17-11-28)24-36-42-34-4-2-3-5-35(34)46(36)22-27-8-14-31(15-9-27)30-12-6-26(19-39)7-13-30/h2-17,20-21,23H,18-19,22,24-25H2,1H3. The first-order chi connectivity index (χ1) is 23.4. The van der Waals surface area contributed by atoms with E-state index < -0.39 is 6.67 Å². The van der Waals surface area contributed by atoms with E-state index in [1.165, 1.54) is 23.9 Å². The Balaban J connectivity index is 1.22. The van der Waals surface area contributed by atoms with E-state index in [1.807, 2.05) is 66.5 Å². The van der Waals surface area contributed by atoms with Crippen molar-refractivity contribution in [3.63, 3.8) is 0 Å². The molecule has 48 heavy (non-hydrogen) atoms. The van der Waals surface area contributed by atoms with Crippen LogP contribution in [0.3, 0.4) is 0 Å². The van der Waals surface area contributed by atoms with Crippen molar-refractivity contribution in [1.82, 2.24) is 28.9 Å². The van der Waals surface area contributed by atoms with E-state index >= 15 is 0 Å². The third-order valence-corrected chi connectivity index (χ3v) is 9.31. The summed E-state index contributed by atoms with van der Waals surface area (Å²) >= 11 is 1.43. The molecule has 0 saturated heterocycles. The Morgan fingerprint density at radius 2 is 1.44 bits per heavy atom. The molecule has 4 aromatic carbocycles. The molecule has 0 aliphatic rings. The lowest BCUT2D eigenvalue weighted by atomic mass is 10.0. The highest BCUT2D eigenvalue weighted by Crippen LogP contribution is 2.26. The number of rotatable bonds is 11. The van der Waals surface area contributed by atoms with E-state index in [-0.39, 0.29) is 11.4 Å². The summed E-state index contributed by atoms with van der Waals surface area (Å²) in [7, 11) is 1.85. The summed E-state index contributed by atoms with van der Waals surface area (Å²) in [4.78, 5) is 22.8. The average molecular weight is 659 g/mol. The fraction of sp³-hybridized carbons (Fsp3) is 0.158. The van der Waals surface area contributed by atoms with Gasteiger partial charge in [0, 0.05) is 43.7 Å². The van der Waals surface area contributed by atoms with Gasteiger partial charge in [0.1, 0.15) is 18.3 Å². The smallest absolute Gasteiger partial charge is 0.277 e. The van der Waals surface area contributed by atoms with Crippen molar-refractivity contribution in [2.45, 2.75) is 37.1 Å². The van der Waals surface area contributed by atoms with Gasteiger partial charge in [0.2, 0.25) is 0 Å². The van der Waals surface area contributed by atoms with Gasteiger partial charge < -0.3 is 9.13 Å². The Kier molecular flexibility index (Phi) is 8.98. The number of aromatic nitrogens is 6. The normalized spacial score (nSPS) is 11.4. The molecule has 0 saturated carbocycles. The second kappa shape index (κ2) is 13.8. The number of halogens is 2. The summed E-state index contributed by atoms with van der Waals surface area (Å²) in [5.41, 5.74) is 7.86. The molecule has 0 unspecified atom stereocenters. The lowest BCUT2D eigenvalue weighted by Gasteiger charge is -2.16. The van der Waals surface area contributed by atoms with Crippen LogP contribution >= 0.6 is 11.8 Å². The molecule has 7 aromatic rings. The van der Waals surface area contributed by atoms with Crippen molar-refractivity contribution >= 4 is 22.8 Å². The number of thioether (sulfide) groups is 1. The van der Waals surface area contributed by atoms with Crippen LogP contribution in [0.2, 0.25) is 0 Å². The first-order valence-electron chi connectivity index (χ1n) is 15.6. The Hall–Kier alpha value is -5.35. The van der Waals surface area contributed by atoms with Crippen molar-refractivity contribution in [3.05, 3.63) is 165 Å². The molecule has 0 radical (unpaired) electrons. The topological polar surface area (TPSA) is 70.5 Å². The molecule has 0 bridgehead atoms. The van der Waals surface area contributed by atoms with Crippen LogP contribution in [0, 0.1) is 5.82 Å². The van der Waals surface area contributed by atoms with Gasteiger partial charge in [-0.05, 0) is 57.6 Å².